The molecule has 3 rings (SSSR count). The number of rotatable bonds is 7. The number of hydrogen-bond acceptors (Lipinski definition) is 4. The predicted molar refractivity (Wildman–Crippen MR) is 99.0 cm³/mol. The van der Waals surface area contributed by atoms with Crippen molar-refractivity contribution >= 4 is 23.5 Å². The van der Waals surface area contributed by atoms with Crippen LogP contribution < -0.4 is 10.6 Å². The minimum atomic E-state index is -0.898. The van der Waals surface area contributed by atoms with Gasteiger partial charge in [0.2, 0.25) is 5.91 Å². The van der Waals surface area contributed by atoms with E-state index in [-0.39, 0.29) is 24.8 Å². The van der Waals surface area contributed by atoms with Crippen molar-refractivity contribution in [1.29, 1.82) is 0 Å². The molecular weight excluding hydrogens is 346 g/mol. The molecule has 0 bridgehead atoms. The number of pyridine rings is 1. The molecule has 0 spiro atoms. The molecule has 7 nitrogen and oxygen atoms in total. The molecule has 0 aliphatic heterocycles. The van der Waals surface area contributed by atoms with Crippen molar-refractivity contribution in [3.8, 4) is 0 Å². The van der Waals surface area contributed by atoms with Gasteiger partial charge in [0.1, 0.15) is 0 Å². The van der Waals surface area contributed by atoms with Crippen LogP contribution in [-0.4, -0.2) is 27.9 Å². The summed E-state index contributed by atoms with van der Waals surface area (Å²) in [5, 5.41) is 14.9. The molecule has 27 heavy (non-hydrogen) atoms. The van der Waals surface area contributed by atoms with Crippen molar-refractivity contribution in [3.63, 3.8) is 0 Å². The Hall–Kier alpha value is -3.22. The number of carbonyl (C=O) groups is 3. The Morgan fingerprint density at radius 3 is 2.48 bits per heavy atom. The maximum atomic E-state index is 12.2. The number of aliphatic carboxylic acids is 1. The van der Waals surface area contributed by atoms with Crippen LogP contribution in [0.2, 0.25) is 0 Å². The molecule has 140 valence electrons. The first kappa shape index (κ1) is 18.6. The zero-order valence-electron chi connectivity index (χ0n) is 14.8. The highest BCUT2D eigenvalue weighted by atomic mass is 16.4. The van der Waals surface area contributed by atoms with E-state index in [1.54, 1.807) is 42.7 Å². The van der Waals surface area contributed by atoms with Crippen LogP contribution in [0.4, 0.5) is 5.69 Å². The van der Waals surface area contributed by atoms with Crippen LogP contribution in [0.1, 0.15) is 41.6 Å². The van der Waals surface area contributed by atoms with Crippen LogP contribution in [0.25, 0.3) is 0 Å². The third-order valence-electron chi connectivity index (χ3n) is 4.88. The molecule has 0 radical (unpaired) electrons. The van der Waals surface area contributed by atoms with Crippen molar-refractivity contribution in [2.45, 2.75) is 32.2 Å². The maximum absolute atomic E-state index is 12.2. The Kier molecular flexibility index (Phi) is 5.49. The molecule has 1 heterocycles. The largest absolute Gasteiger partial charge is 0.481 e. The van der Waals surface area contributed by atoms with Gasteiger partial charge in [0.05, 0.1) is 5.41 Å². The van der Waals surface area contributed by atoms with Gasteiger partial charge in [0.15, 0.2) is 0 Å². The topological polar surface area (TPSA) is 108 Å². The Morgan fingerprint density at radius 1 is 1.11 bits per heavy atom. The number of amides is 2. The number of nitrogens with one attached hydrogen (secondary N) is 2. The first-order chi connectivity index (χ1) is 13.0. The molecule has 1 aliphatic rings. The van der Waals surface area contributed by atoms with Crippen LogP contribution in [0, 0.1) is 5.41 Å². The number of hydrogen-bond donors (Lipinski definition) is 3. The van der Waals surface area contributed by atoms with Crippen LogP contribution in [-0.2, 0) is 16.1 Å². The minimum Gasteiger partial charge on any atom is -0.481 e. The summed E-state index contributed by atoms with van der Waals surface area (Å²) in [6.45, 7) is 0.271. The molecule has 0 atom stereocenters. The van der Waals surface area contributed by atoms with Gasteiger partial charge in [0.25, 0.3) is 5.91 Å². The van der Waals surface area contributed by atoms with E-state index >= 15 is 0 Å². The lowest BCUT2D eigenvalue weighted by Crippen LogP contribution is -2.42. The monoisotopic (exact) mass is 367 g/mol. The number of carboxylic acids is 1. The number of benzene rings is 1. The maximum Gasteiger partial charge on any atom is 0.310 e. The van der Waals surface area contributed by atoms with E-state index < -0.39 is 11.4 Å². The summed E-state index contributed by atoms with van der Waals surface area (Å²) in [5.74, 6) is -1.42. The number of nitrogens with zero attached hydrogens (tertiary/aromatic N) is 1. The van der Waals surface area contributed by atoms with Crippen molar-refractivity contribution < 1.29 is 19.5 Å². The fourth-order valence-corrected chi connectivity index (χ4v) is 3.11. The van der Waals surface area contributed by atoms with Crippen molar-refractivity contribution in [1.82, 2.24) is 10.3 Å². The Labute approximate surface area is 156 Å². The molecule has 0 saturated heterocycles. The van der Waals surface area contributed by atoms with Crippen molar-refractivity contribution in [3.05, 3.63) is 59.9 Å². The van der Waals surface area contributed by atoms with Gasteiger partial charge in [-0.15, -0.1) is 0 Å². The lowest BCUT2D eigenvalue weighted by atomic mass is 9.66. The average molecular weight is 367 g/mol. The van der Waals surface area contributed by atoms with Gasteiger partial charge in [0, 0.05) is 36.6 Å². The van der Waals surface area contributed by atoms with Gasteiger partial charge < -0.3 is 15.7 Å². The van der Waals surface area contributed by atoms with E-state index in [1.807, 2.05) is 6.07 Å². The minimum absolute atomic E-state index is 0.000796. The van der Waals surface area contributed by atoms with E-state index in [1.165, 1.54) is 0 Å². The number of aromatic nitrogens is 1. The number of anilines is 1. The van der Waals surface area contributed by atoms with Crippen LogP contribution in [0.5, 0.6) is 0 Å². The molecule has 1 saturated carbocycles. The average Bonchev–Trinajstić information content (AvgIpc) is 2.64. The first-order valence-electron chi connectivity index (χ1n) is 8.79. The highest BCUT2D eigenvalue weighted by molar-refractivity contribution is 6.04. The second-order valence-electron chi connectivity index (χ2n) is 6.78. The van der Waals surface area contributed by atoms with Crippen LogP contribution in [0.3, 0.4) is 0 Å². The lowest BCUT2D eigenvalue weighted by Gasteiger charge is -2.36. The fourth-order valence-electron chi connectivity index (χ4n) is 3.11. The molecule has 7 heteroatoms. The number of carboxylic acid groups (broad SMARTS) is 1. The highest BCUT2D eigenvalue weighted by Crippen LogP contribution is 2.44. The lowest BCUT2D eigenvalue weighted by molar-refractivity contribution is -0.157. The molecule has 1 aliphatic carbocycles. The van der Waals surface area contributed by atoms with Gasteiger partial charge in [-0.25, -0.2) is 0 Å². The Balaban J connectivity index is 1.55. The summed E-state index contributed by atoms with van der Waals surface area (Å²) >= 11 is 0. The van der Waals surface area contributed by atoms with Crippen LogP contribution >= 0.6 is 0 Å². The van der Waals surface area contributed by atoms with Gasteiger partial charge in [-0.05, 0) is 42.7 Å². The Morgan fingerprint density at radius 2 is 1.85 bits per heavy atom. The van der Waals surface area contributed by atoms with E-state index in [0.29, 0.717) is 24.1 Å². The summed E-state index contributed by atoms with van der Waals surface area (Å²) < 4.78 is 0. The molecular formula is C20H21N3O4. The summed E-state index contributed by atoms with van der Waals surface area (Å²) in [4.78, 5) is 39.5. The molecule has 0 unspecified atom stereocenters. The predicted octanol–water partition coefficient (Wildman–Crippen LogP) is 2.60. The van der Waals surface area contributed by atoms with Crippen LogP contribution in [0.15, 0.2) is 48.8 Å². The van der Waals surface area contributed by atoms with E-state index in [4.69, 9.17) is 0 Å². The summed E-state index contributed by atoms with van der Waals surface area (Å²) in [5.41, 5.74) is 1.03. The summed E-state index contributed by atoms with van der Waals surface area (Å²) in [7, 11) is 0. The smallest absolute Gasteiger partial charge is 0.310 e. The normalized spacial score (nSPS) is 14.7. The van der Waals surface area contributed by atoms with E-state index in [0.717, 1.165) is 12.0 Å². The molecule has 2 amide bonds. The second-order valence-corrected chi connectivity index (χ2v) is 6.78. The standard InChI is InChI=1S/C20H21N3O4/c24-17(12-20(19(26)27)7-2-8-20)22-13-14-3-1-4-16(11-14)23-18(25)15-5-9-21-10-6-15/h1,3-6,9-11H,2,7-8,12-13H2,(H,22,24)(H,23,25)(H,26,27). The summed E-state index contributed by atoms with van der Waals surface area (Å²) in [6.07, 6.45) is 5.04. The van der Waals surface area contributed by atoms with Gasteiger partial charge in [-0.1, -0.05) is 18.6 Å². The first-order valence-corrected chi connectivity index (χ1v) is 8.79. The zero-order valence-corrected chi connectivity index (χ0v) is 14.8. The molecule has 1 fully saturated rings. The SMILES string of the molecule is O=C(CC1(C(=O)O)CCC1)NCc1cccc(NC(=O)c2ccncc2)c1. The second kappa shape index (κ2) is 7.99. The van der Waals surface area contributed by atoms with Crippen molar-refractivity contribution in [2.75, 3.05) is 5.32 Å². The fraction of sp³-hybridized carbons (Fsp3) is 0.300. The highest BCUT2D eigenvalue weighted by Gasteiger charge is 2.45. The van der Waals surface area contributed by atoms with E-state index in [9.17, 15) is 19.5 Å². The van der Waals surface area contributed by atoms with E-state index in [2.05, 4.69) is 15.6 Å². The Bertz CT molecular complexity index is 847. The third-order valence-corrected chi connectivity index (χ3v) is 4.88. The van der Waals surface area contributed by atoms with Gasteiger partial charge in [-0.3, -0.25) is 19.4 Å². The number of carbonyl (C=O) groups excluding carboxylic acids is 2. The zero-order chi connectivity index (χ0) is 19.3. The quantitative estimate of drug-likeness (QED) is 0.697. The molecule has 1 aromatic heterocycles. The third kappa shape index (κ3) is 4.49. The summed E-state index contributed by atoms with van der Waals surface area (Å²) in [6, 6.07) is 10.4. The van der Waals surface area contributed by atoms with Crippen molar-refractivity contribution in [2.24, 2.45) is 5.41 Å². The van der Waals surface area contributed by atoms with Gasteiger partial charge in [-0.2, -0.15) is 0 Å². The molecule has 1 aromatic carbocycles. The molecule has 3 N–H and O–H groups in total. The molecule has 2 aromatic rings. The van der Waals surface area contributed by atoms with Gasteiger partial charge >= 0.3 is 5.97 Å².